The minimum Gasteiger partial charge on any atom is -0.491 e. The third-order valence-corrected chi connectivity index (χ3v) is 2.79. The molecule has 2 rings (SSSR count). The van der Waals surface area contributed by atoms with Gasteiger partial charge in [-0.15, -0.1) is 0 Å². The van der Waals surface area contributed by atoms with Gasteiger partial charge in [-0.05, 0) is 10.9 Å². The summed E-state index contributed by atoms with van der Waals surface area (Å²) in [4.78, 5) is 0. The third-order valence-electron chi connectivity index (χ3n) is 2.79. The van der Waals surface area contributed by atoms with Crippen molar-refractivity contribution in [2.24, 2.45) is 0 Å². The fraction of sp³-hybridized carbons (Fsp3) is 0.0769. The molecule has 115 valence electrons. The maximum absolute atomic E-state index is 13.9. The van der Waals surface area contributed by atoms with Gasteiger partial charge in [-0.25, -0.2) is 26.3 Å². The van der Waals surface area contributed by atoms with Gasteiger partial charge in [0.1, 0.15) is 17.5 Å². The van der Waals surface area contributed by atoms with Crippen LogP contribution in [-0.2, 0) is 0 Å². The molecule has 2 aromatic rings. The highest BCUT2D eigenvalue weighted by molar-refractivity contribution is 6.67. The minimum atomic E-state index is -2.08. The van der Waals surface area contributed by atoms with E-state index in [1.54, 1.807) is 0 Å². The van der Waals surface area contributed by atoms with Gasteiger partial charge in [-0.2, -0.15) is 4.39 Å². The van der Waals surface area contributed by atoms with Crippen LogP contribution >= 0.6 is 0 Å². The van der Waals surface area contributed by atoms with Crippen LogP contribution in [0.3, 0.4) is 0 Å². The molecule has 2 aromatic carbocycles. The Labute approximate surface area is 120 Å². The lowest BCUT2D eigenvalue weighted by atomic mass is 9.62. The monoisotopic (exact) mass is 321 g/mol. The van der Waals surface area contributed by atoms with Crippen molar-refractivity contribution in [1.29, 1.82) is 0 Å². The molecule has 1 nitrogen and oxygen atoms in total. The molecule has 0 saturated heterocycles. The minimum absolute atomic E-state index is 0.250. The molecular formula is C13H5BF7O. The van der Waals surface area contributed by atoms with Gasteiger partial charge < -0.3 is 4.74 Å². The first-order valence-electron chi connectivity index (χ1n) is 5.67. The summed E-state index contributed by atoms with van der Waals surface area (Å²) in [6.45, 7) is 0. The molecule has 0 spiro atoms. The first kappa shape index (κ1) is 16.2. The zero-order chi connectivity index (χ0) is 16.6. The van der Waals surface area contributed by atoms with Crippen LogP contribution in [-0.4, -0.2) is 14.4 Å². The van der Waals surface area contributed by atoms with Crippen molar-refractivity contribution in [2.45, 2.75) is 0 Å². The van der Waals surface area contributed by atoms with E-state index in [4.69, 9.17) is 0 Å². The lowest BCUT2D eigenvalue weighted by Crippen LogP contribution is -2.37. The molecule has 0 amide bonds. The second-order valence-electron chi connectivity index (χ2n) is 4.13. The van der Waals surface area contributed by atoms with Crippen LogP contribution in [0.25, 0.3) is 0 Å². The Hall–Kier alpha value is -2.19. The second kappa shape index (κ2) is 5.90. The van der Waals surface area contributed by atoms with E-state index in [1.807, 2.05) is 0 Å². The van der Waals surface area contributed by atoms with Crippen molar-refractivity contribution >= 4 is 18.2 Å². The lowest BCUT2D eigenvalue weighted by Gasteiger charge is -2.11. The fourth-order valence-corrected chi connectivity index (χ4v) is 1.77. The number of hydrogen-bond acceptors (Lipinski definition) is 1. The van der Waals surface area contributed by atoms with Crippen LogP contribution in [0.5, 0.6) is 5.75 Å². The molecule has 22 heavy (non-hydrogen) atoms. The van der Waals surface area contributed by atoms with E-state index in [-0.39, 0.29) is 19.4 Å². The molecule has 0 heterocycles. The molecule has 0 aliphatic carbocycles. The van der Waals surface area contributed by atoms with Gasteiger partial charge in [-0.3, -0.25) is 0 Å². The summed E-state index contributed by atoms with van der Waals surface area (Å²) < 4.78 is 98.0. The summed E-state index contributed by atoms with van der Waals surface area (Å²) in [5, 5.41) is 0. The van der Waals surface area contributed by atoms with Crippen molar-refractivity contribution in [2.75, 3.05) is 7.11 Å². The van der Waals surface area contributed by atoms with Gasteiger partial charge in [-0.1, -0.05) is 0 Å². The Bertz CT molecular complexity index is 725. The van der Waals surface area contributed by atoms with Crippen molar-refractivity contribution in [1.82, 2.24) is 0 Å². The van der Waals surface area contributed by atoms with Crippen LogP contribution < -0.4 is 15.7 Å². The summed E-state index contributed by atoms with van der Waals surface area (Å²) in [6, 6.07) is 0.531. The predicted octanol–water partition coefficient (Wildman–Crippen LogP) is 2.32. The highest BCUT2D eigenvalue weighted by Crippen LogP contribution is 2.24. The van der Waals surface area contributed by atoms with Crippen molar-refractivity contribution in [3.8, 4) is 5.75 Å². The molecular weight excluding hydrogens is 316 g/mol. The van der Waals surface area contributed by atoms with E-state index in [9.17, 15) is 30.7 Å². The van der Waals surface area contributed by atoms with Gasteiger partial charge in [0.05, 0.1) is 7.11 Å². The zero-order valence-electron chi connectivity index (χ0n) is 10.8. The summed E-state index contributed by atoms with van der Waals surface area (Å²) in [7, 11) is 1.04. The molecule has 0 unspecified atom stereocenters. The quantitative estimate of drug-likeness (QED) is 0.365. The second-order valence-corrected chi connectivity index (χ2v) is 4.13. The highest BCUT2D eigenvalue weighted by atomic mass is 19.2. The smallest absolute Gasteiger partial charge is 0.207 e. The van der Waals surface area contributed by atoms with Crippen LogP contribution in [0, 0.1) is 40.7 Å². The Kier molecular flexibility index (Phi) is 4.34. The predicted molar refractivity (Wildman–Crippen MR) is 64.2 cm³/mol. The number of ether oxygens (including phenoxy) is 1. The third kappa shape index (κ3) is 2.62. The van der Waals surface area contributed by atoms with Crippen LogP contribution in [0.15, 0.2) is 12.1 Å². The summed E-state index contributed by atoms with van der Waals surface area (Å²) in [5.74, 6) is -13.1. The number of methoxy groups -OCH3 is 1. The molecule has 0 N–H and O–H groups in total. The Morgan fingerprint density at radius 2 is 1.27 bits per heavy atom. The van der Waals surface area contributed by atoms with Crippen LogP contribution in [0.1, 0.15) is 0 Å². The van der Waals surface area contributed by atoms with E-state index >= 15 is 0 Å². The molecule has 0 saturated carbocycles. The van der Waals surface area contributed by atoms with Gasteiger partial charge in [0.2, 0.25) is 13.1 Å². The molecule has 0 aromatic heterocycles. The summed E-state index contributed by atoms with van der Waals surface area (Å²) in [6.07, 6.45) is 0. The maximum Gasteiger partial charge on any atom is 0.207 e. The molecule has 0 bridgehead atoms. The van der Waals surface area contributed by atoms with E-state index in [1.165, 1.54) is 0 Å². The van der Waals surface area contributed by atoms with E-state index in [2.05, 4.69) is 4.74 Å². The fourth-order valence-electron chi connectivity index (χ4n) is 1.77. The van der Waals surface area contributed by atoms with E-state index in [0.29, 0.717) is 0 Å². The molecule has 0 aliphatic heterocycles. The number of halogens is 7. The normalized spacial score (nSPS) is 10.7. The number of hydrogen-bond donors (Lipinski definition) is 0. The Morgan fingerprint density at radius 1 is 0.727 bits per heavy atom. The number of benzene rings is 2. The largest absolute Gasteiger partial charge is 0.491 e. The average Bonchev–Trinajstić information content (AvgIpc) is 2.44. The SMILES string of the molecule is COc1c(F)c(F)c(F)c([B]c2c(F)cc(F)cc2F)c1F. The molecule has 0 aliphatic rings. The van der Waals surface area contributed by atoms with Gasteiger partial charge in [0, 0.05) is 12.1 Å². The van der Waals surface area contributed by atoms with Gasteiger partial charge >= 0.3 is 0 Å². The van der Waals surface area contributed by atoms with Gasteiger partial charge in [0.25, 0.3) is 0 Å². The highest BCUT2D eigenvalue weighted by Gasteiger charge is 2.28. The van der Waals surface area contributed by atoms with Crippen molar-refractivity contribution < 1.29 is 35.5 Å². The van der Waals surface area contributed by atoms with E-state index in [0.717, 1.165) is 7.11 Å². The van der Waals surface area contributed by atoms with Crippen molar-refractivity contribution in [3.05, 3.63) is 52.9 Å². The first-order valence-corrected chi connectivity index (χ1v) is 5.67. The van der Waals surface area contributed by atoms with Gasteiger partial charge in [0.15, 0.2) is 23.2 Å². The maximum atomic E-state index is 13.9. The summed E-state index contributed by atoms with van der Waals surface area (Å²) in [5.41, 5.74) is -2.28. The number of rotatable bonds is 3. The zero-order valence-corrected chi connectivity index (χ0v) is 10.8. The summed E-state index contributed by atoms with van der Waals surface area (Å²) >= 11 is 0. The standard InChI is InChI=1S/C13H5BF7O/c1-22-13-10(19)8(9(18)11(20)12(13)21)14-7-5(16)2-4(15)3-6(7)17/h2-3H,1H3. The van der Waals surface area contributed by atoms with Crippen molar-refractivity contribution in [3.63, 3.8) is 0 Å². The first-order chi connectivity index (χ1) is 10.3. The molecule has 1 radical (unpaired) electrons. The topological polar surface area (TPSA) is 9.23 Å². The Morgan fingerprint density at radius 3 is 1.77 bits per heavy atom. The van der Waals surface area contributed by atoms with Crippen LogP contribution in [0.2, 0.25) is 0 Å². The Balaban J connectivity index is 2.63. The lowest BCUT2D eigenvalue weighted by molar-refractivity contribution is 0.338. The molecule has 9 heteroatoms. The van der Waals surface area contributed by atoms with E-state index < -0.39 is 57.4 Å². The molecule has 0 atom stereocenters. The molecule has 0 fully saturated rings. The van der Waals surface area contributed by atoms with Crippen LogP contribution in [0.4, 0.5) is 30.7 Å². The average molecular weight is 321 g/mol.